The molecule has 5 heteroatoms. The third-order valence-electron chi connectivity index (χ3n) is 0.695. The van der Waals surface area contributed by atoms with Gasteiger partial charge in [-0.2, -0.15) is 8.42 Å². The predicted octanol–water partition coefficient (Wildman–Crippen LogP) is 0.156. The molecule has 0 N–H and O–H groups in total. The van der Waals surface area contributed by atoms with Crippen LogP contribution in [0.4, 0.5) is 4.39 Å². The molecule has 0 radical (unpaired) electrons. The summed E-state index contributed by atoms with van der Waals surface area (Å²) in [6, 6.07) is 0. The van der Waals surface area contributed by atoms with Crippen molar-refractivity contribution in [3.05, 3.63) is 12.3 Å². The van der Waals surface area contributed by atoms with Crippen LogP contribution in [-0.2, 0) is 14.3 Å². The predicted molar refractivity (Wildman–Crippen MR) is 24.0 cm³/mol. The smallest absolute Gasteiger partial charge is 0.345 e. The molecule has 0 fully saturated rings. The van der Waals surface area contributed by atoms with Crippen molar-refractivity contribution in [2.24, 2.45) is 0 Å². The number of halogens is 1. The van der Waals surface area contributed by atoms with Crippen molar-refractivity contribution < 1.29 is 17.0 Å². The first-order valence-electron chi connectivity index (χ1n) is 1.86. The molecule has 0 saturated carbocycles. The summed E-state index contributed by atoms with van der Waals surface area (Å²) in [4.78, 5) is 0. The highest BCUT2D eigenvalue weighted by Crippen LogP contribution is 2.14. The zero-order chi connectivity index (χ0) is 6.20. The normalized spacial score (nSPS) is 32.4. The largest absolute Gasteiger partial charge is 0.388 e. The van der Waals surface area contributed by atoms with Crippen molar-refractivity contribution in [2.75, 3.05) is 0 Å². The van der Waals surface area contributed by atoms with E-state index in [2.05, 4.69) is 4.18 Å². The lowest BCUT2D eigenvalue weighted by atomic mass is 10.7. The molecule has 0 bridgehead atoms. The number of hydrogen-bond donors (Lipinski definition) is 0. The molecule has 1 unspecified atom stereocenters. The molecule has 1 atom stereocenters. The van der Waals surface area contributed by atoms with Crippen molar-refractivity contribution in [3.8, 4) is 0 Å². The van der Waals surface area contributed by atoms with E-state index in [1.54, 1.807) is 0 Å². The van der Waals surface area contributed by atoms with Crippen LogP contribution in [0.15, 0.2) is 12.3 Å². The summed E-state index contributed by atoms with van der Waals surface area (Å²) < 4.78 is 36.0. The van der Waals surface area contributed by atoms with Gasteiger partial charge >= 0.3 is 10.1 Å². The number of hydrogen-bond acceptors (Lipinski definition) is 3. The van der Waals surface area contributed by atoms with Crippen molar-refractivity contribution in [1.82, 2.24) is 0 Å². The van der Waals surface area contributed by atoms with Crippen LogP contribution in [0.3, 0.4) is 0 Å². The van der Waals surface area contributed by atoms with Gasteiger partial charge in [0.1, 0.15) is 6.26 Å². The second-order valence-corrected chi connectivity index (χ2v) is 2.90. The first-order valence-corrected chi connectivity index (χ1v) is 3.33. The Kier molecular flexibility index (Phi) is 1.00. The van der Waals surface area contributed by atoms with E-state index in [0.29, 0.717) is 0 Å². The Morgan fingerprint density at radius 3 is 2.38 bits per heavy atom. The van der Waals surface area contributed by atoms with Gasteiger partial charge in [0.2, 0.25) is 0 Å². The Morgan fingerprint density at radius 1 is 1.62 bits per heavy atom. The second-order valence-electron chi connectivity index (χ2n) is 1.27. The monoisotopic (exact) mass is 138 g/mol. The molecule has 0 aromatic carbocycles. The topological polar surface area (TPSA) is 43.4 Å². The minimum Gasteiger partial charge on any atom is -0.388 e. The van der Waals surface area contributed by atoms with Gasteiger partial charge in [0.05, 0.1) is 0 Å². The molecule has 0 spiro atoms. The maximum Gasteiger partial charge on any atom is 0.345 e. The highest BCUT2D eigenvalue weighted by Gasteiger charge is 2.27. The summed E-state index contributed by atoms with van der Waals surface area (Å²) in [6.45, 7) is 0. The van der Waals surface area contributed by atoms with E-state index in [4.69, 9.17) is 0 Å². The van der Waals surface area contributed by atoms with E-state index in [0.717, 1.165) is 12.3 Å². The molecular weight excluding hydrogens is 135 g/mol. The highest BCUT2D eigenvalue weighted by molar-refractivity contribution is 7.87. The summed E-state index contributed by atoms with van der Waals surface area (Å²) in [6.07, 6.45) is 1.65. The van der Waals surface area contributed by atoms with E-state index in [1.807, 2.05) is 0 Å². The third-order valence-corrected chi connectivity index (χ3v) is 1.78. The fourth-order valence-electron chi connectivity index (χ4n) is 0.321. The Bertz CT molecular complexity index is 205. The lowest BCUT2D eigenvalue weighted by molar-refractivity contribution is 0.417. The van der Waals surface area contributed by atoms with Gasteiger partial charge in [-0.15, -0.1) is 0 Å². The minimum atomic E-state index is -3.90. The average molecular weight is 138 g/mol. The fraction of sp³-hybridized carbons (Fsp3) is 0.333. The van der Waals surface area contributed by atoms with Gasteiger partial charge in [0, 0.05) is 6.08 Å². The Balaban J connectivity index is 2.96. The van der Waals surface area contributed by atoms with Crippen LogP contribution in [0.2, 0.25) is 0 Å². The molecule has 0 aliphatic carbocycles. The molecule has 46 valence electrons. The van der Waals surface area contributed by atoms with Gasteiger partial charge in [-0.05, 0) is 0 Å². The number of alkyl halides is 1. The molecule has 3 nitrogen and oxygen atoms in total. The van der Waals surface area contributed by atoms with E-state index in [9.17, 15) is 12.8 Å². The lowest BCUT2D eigenvalue weighted by Crippen LogP contribution is -2.08. The quantitative estimate of drug-likeness (QED) is 0.448. The van der Waals surface area contributed by atoms with Gasteiger partial charge in [-0.1, -0.05) is 0 Å². The van der Waals surface area contributed by atoms with Crippen molar-refractivity contribution in [3.63, 3.8) is 0 Å². The van der Waals surface area contributed by atoms with Crippen molar-refractivity contribution in [2.45, 2.75) is 5.50 Å². The summed E-state index contributed by atoms with van der Waals surface area (Å²) in [5.74, 6) is 0. The average Bonchev–Trinajstić information content (AvgIpc) is 1.86. The van der Waals surface area contributed by atoms with Crippen LogP contribution in [0, 0.1) is 0 Å². The Morgan fingerprint density at radius 2 is 2.25 bits per heavy atom. The van der Waals surface area contributed by atoms with Crippen molar-refractivity contribution >= 4 is 10.1 Å². The maximum atomic E-state index is 11.9. The van der Waals surface area contributed by atoms with Gasteiger partial charge in [0.15, 0.2) is 0 Å². The van der Waals surface area contributed by atoms with Crippen LogP contribution < -0.4 is 0 Å². The highest BCUT2D eigenvalue weighted by atomic mass is 32.2. The molecule has 1 aliphatic heterocycles. The Hall–Kier alpha value is -0.580. The number of rotatable bonds is 0. The van der Waals surface area contributed by atoms with E-state index >= 15 is 0 Å². The van der Waals surface area contributed by atoms with Crippen LogP contribution in [0.1, 0.15) is 0 Å². The van der Waals surface area contributed by atoms with Gasteiger partial charge in [0.25, 0.3) is 5.50 Å². The van der Waals surface area contributed by atoms with Crippen LogP contribution in [0.25, 0.3) is 0 Å². The van der Waals surface area contributed by atoms with Gasteiger partial charge in [-0.25, -0.2) is 4.39 Å². The molecule has 0 amide bonds. The summed E-state index contributed by atoms with van der Waals surface area (Å²) >= 11 is 0. The van der Waals surface area contributed by atoms with Gasteiger partial charge < -0.3 is 4.18 Å². The molecule has 8 heavy (non-hydrogen) atoms. The summed E-state index contributed by atoms with van der Waals surface area (Å²) in [7, 11) is -3.90. The molecule has 0 saturated heterocycles. The van der Waals surface area contributed by atoms with Crippen molar-refractivity contribution in [1.29, 1.82) is 0 Å². The van der Waals surface area contributed by atoms with Crippen LogP contribution in [0.5, 0.6) is 0 Å². The summed E-state index contributed by atoms with van der Waals surface area (Å²) in [5, 5.41) is 0. The van der Waals surface area contributed by atoms with E-state index < -0.39 is 15.6 Å². The van der Waals surface area contributed by atoms with Crippen LogP contribution >= 0.6 is 0 Å². The van der Waals surface area contributed by atoms with Crippen LogP contribution in [-0.4, -0.2) is 13.9 Å². The summed E-state index contributed by atoms with van der Waals surface area (Å²) in [5.41, 5.74) is -1.97. The zero-order valence-electron chi connectivity index (χ0n) is 3.74. The molecule has 1 rings (SSSR count). The molecule has 1 heterocycles. The molecule has 0 aromatic heterocycles. The first-order chi connectivity index (χ1) is 3.63. The minimum absolute atomic E-state index is 0.819. The Labute approximate surface area is 45.9 Å². The first kappa shape index (κ1) is 5.55. The zero-order valence-corrected chi connectivity index (χ0v) is 4.56. The molecule has 0 aromatic rings. The third kappa shape index (κ3) is 0.686. The lowest BCUT2D eigenvalue weighted by Gasteiger charge is -1.92. The second kappa shape index (κ2) is 1.45. The standard InChI is InChI=1S/C3H3FO3S/c4-3-1-2-7-8(3,5)6/h1-3H. The molecule has 1 aliphatic rings. The van der Waals surface area contributed by atoms with Gasteiger partial charge in [-0.3, -0.25) is 0 Å². The van der Waals surface area contributed by atoms with E-state index in [1.165, 1.54) is 0 Å². The maximum absolute atomic E-state index is 11.9. The van der Waals surface area contributed by atoms with E-state index in [-0.39, 0.29) is 0 Å². The SMILES string of the molecule is O=S1(=O)OC=CC1F. The molecular formula is C3H3FO3S. The fourth-order valence-corrected chi connectivity index (χ4v) is 0.902.